The fourth-order valence-electron chi connectivity index (χ4n) is 2.64. The van der Waals surface area contributed by atoms with Gasteiger partial charge in [0, 0.05) is 6.04 Å². The van der Waals surface area contributed by atoms with E-state index in [4.69, 9.17) is 4.74 Å². The first-order chi connectivity index (χ1) is 6.75. The van der Waals surface area contributed by atoms with Crippen LogP contribution in [0, 0.1) is 0 Å². The number of nitrogens with zero attached hydrogens (tertiary/aromatic N) is 1. The Kier molecular flexibility index (Phi) is 3.45. The fourth-order valence-corrected chi connectivity index (χ4v) is 2.64. The predicted molar refractivity (Wildman–Crippen MR) is 58.5 cm³/mol. The van der Waals surface area contributed by atoms with Gasteiger partial charge in [-0.25, -0.2) is 0 Å². The molecule has 1 saturated carbocycles. The van der Waals surface area contributed by atoms with E-state index in [9.17, 15) is 0 Å². The van der Waals surface area contributed by atoms with Gasteiger partial charge in [-0.3, -0.25) is 0 Å². The fraction of sp³-hybridized carbons (Fsp3) is 1.00. The molecule has 14 heavy (non-hydrogen) atoms. The summed E-state index contributed by atoms with van der Waals surface area (Å²) in [7, 11) is 0. The van der Waals surface area contributed by atoms with Gasteiger partial charge < -0.3 is 9.64 Å². The second-order valence-electron chi connectivity index (χ2n) is 5.00. The van der Waals surface area contributed by atoms with Gasteiger partial charge in [0.15, 0.2) is 0 Å². The summed E-state index contributed by atoms with van der Waals surface area (Å²) in [6, 6.07) is 0.885. The van der Waals surface area contributed by atoms with Gasteiger partial charge >= 0.3 is 0 Å². The van der Waals surface area contributed by atoms with Crippen molar-refractivity contribution in [3.05, 3.63) is 0 Å². The SMILES string of the molecule is CC(C)OC1CCC(N2CCC2)CC1. The molecule has 1 saturated heterocycles. The normalized spacial score (nSPS) is 34.5. The molecule has 1 heterocycles. The van der Waals surface area contributed by atoms with Crippen molar-refractivity contribution >= 4 is 0 Å². The maximum atomic E-state index is 5.85. The van der Waals surface area contributed by atoms with Gasteiger partial charge in [0.25, 0.3) is 0 Å². The van der Waals surface area contributed by atoms with Crippen LogP contribution in [0.5, 0.6) is 0 Å². The highest BCUT2D eigenvalue weighted by molar-refractivity contribution is 4.84. The lowest BCUT2D eigenvalue weighted by atomic mass is 9.90. The number of likely N-dealkylation sites (tertiary alicyclic amines) is 1. The van der Waals surface area contributed by atoms with Gasteiger partial charge in [-0.05, 0) is 59.0 Å². The molecule has 0 aromatic rings. The van der Waals surface area contributed by atoms with Crippen LogP contribution in [0.1, 0.15) is 46.0 Å². The molecule has 0 atom stereocenters. The van der Waals surface area contributed by atoms with E-state index in [0.29, 0.717) is 12.2 Å². The van der Waals surface area contributed by atoms with Gasteiger partial charge in [0.2, 0.25) is 0 Å². The van der Waals surface area contributed by atoms with Crippen LogP contribution in [0.25, 0.3) is 0 Å². The molecule has 0 unspecified atom stereocenters. The summed E-state index contributed by atoms with van der Waals surface area (Å²) >= 11 is 0. The Labute approximate surface area is 87.6 Å². The third-order valence-electron chi connectivity index (χ3n) is 3.52. The third-order valence-corrected chi connectivity index (χ3v) is 3.52. The summed E-state index contributed by atoms with van der Waals surface area (Å²) in [5.74, 6) is 0. The van der Waals surface area contributed by atoms with Crippen LogP contribution in [-0.2, 0) is 4.74 Å². The lowest BCUT2D eigenvalue weighted by Gasteiger charge is -2.42. The van der Waals surface area contributed by atoms with Crippen LogP contribution in [0.4, 0.5) is 0 Å². The van der Waals surface area contributed by atoms with E-state index in [0.717, 1.165) is 6.04 Å². The van der Waals surface area contributed by atoms with E-state index in [1.807, 2.05) is 0 Å². The minimum atomic E-state index is 0.403. The molecule has 0 aromatic heterocycles. The van der Waals surface area contributed by atoms with Crippen LogP contribution >= 0.6 is 0 Å². The first kappa shape index (κ1) is 10.4. The Bertz CT molecular complexity index is 169. The van der Waals surface area contributed by atoms with Crippen molar-refractivity contribution in [1.29, 1.82) is 0 Å². The first-order valence-electron chi connectivity index (χ1n) is 6.15. The van der Waals surface area contributed by atoms with Crippen LogP contribution in [0.2, 0.25) is 0 Å². The van der Waals surface area contributed by atoms with Gasteiger partial charge in [0.1, 0.15) is 0 Å². The van der Waals surface area contributed by atoms with E-state index in [1.165, 1.54) is 45.2 Å². The second-order valence-corrected chi connectivity index (χ2v) is 5.00. The lowest BCUT2D eigenvalue weighted by Crippen LogP contribution is -2.47. The summed E-state index contributed by atoms with van der Waals surface area (Å²) < 4.78 is 5.85. The molecule has 2 aliphatic rings. The maximum absolute atomic E-state index is 5.85. The van der Waals surface area contributed by atoms with Crippen molar-refractivity contribution in [1.82, 2.24) is 4.90 Å². The number of hydrogen-bond donors (Lipinski definition) is 0. The topological polar surface area (TPSA) is 12.5 Å². The zero-order valence-electron chi connectivity index (χ0n) is 9.54. The van der Waals surface area contributed by atoms with Gasteiger partial charge in [0.05, 0.1) is 12.2 Å². The molecule has 2 fully saturated rings. The molecule has 0 amide bonds. The van der Waals surface area contributed by atoms with E-state index in [-0.39, 0.29) is 0 Å². The Morgan fingerprint density at radius 3 is 2.14 bits per heavy atom. The van der Waals surface area contributed by atoms with E-state index >= 15 is 0 Å². The van der Waals surface area contributed by atoms with Crippen LogP contribution in [0.15, 0.2) is 0 Å². The Morgan fingerprint density at radius 2 is 1.71 bits per heavy atom. The largest absolute Gasteiger partial charge is 0.376 e. The smallest absolute Gasteiger partial charge is 0.0579 e. The molecular formula is C12H23NO. The van der Waals surface area contributed by atoms with Crippen molar-refractivity contribution in [2.75, 3.05) is 13.1 Å². The Morgan fingerprint density at radius 1 is 1.07 bits per heavy atom. The highest BCUT2D eigenvalue weighted by Crippen LogP contribution is 2.28. The van der Waals surface area contributed by atoms with Gasteiger partial charge in [-0.15, -0.1) is 0 Å². The molecule has 0 spiro atoms. The van der Waals surface area contributed by atoms with Crippen molar-refractivity contribution in [3.63, 3.8) is 0 Å². The van der Waals surface area contributed by atoms with Crippen molar-refractivity contribution in [2.24, 2.45) is 0 Å². The maximum Gasteiger partial charge on any atom is 0.0579 e. The Balaban J connectivity index is 1.69. The summed E-state index contributed by atoms with van der Waals surface area (Å²) in [5.41, 5.74) is 0. The van der Waals surface area contributed by atoms with Crippen molar-refractivity contribution in [2.45, 2.75) is 64.2 Å². The molecule has 2 rings (SSSR count). The highest BCUT2D eigenvalue weighted by Gasteiger charge is 2.29. The number of hydrogen-bond acceptors (Lipinski definition) is 2. The summed E-state index contributed by atoms with van der Waals surface area (Å²) in [6.07, 6.45) is 7.64. The molecule has 0 aromatic carbocycles. The second kappa shape index (κ2) is 4.63. The first-order valence-corrected chi connectivity index (χ1v) is 6.15. The highest BCUT2D eigenvalue weighted by atomic mass is 16.5. The minimum Gasteiger partial charge on any atom is -0.376 e. The molecule has 0 radical (unpaired) electrons. The molecule has 1 aliphatic heterocycles. The zero-order valence-corrected chi connectivity index (χ0v) is 9.54. The molecule has 0 N–H and O–H groups in total. The molecule has 2 heteroatoms. The summed E-state index contributed by atoms with van der Waals surface area (Å²) in [5, 5.41) is 0. The van der Waals surface area contributed by atoms with E-state index in [1.54, 1.807) is 0 Å². The van der Waals surface area contributed by atoms with Gasteiger partial charge in [-0.1, -0.05) is 0 Å². The summed E-state index contributed by atoms with van der Waals surface area (Å²) in [4.78, 5) is 2.64. The average Bonchev–Trinajstić information content (AvgIpc) is 2.04. The molecule has 0 bridgehead atoms. The number of rotatable bonds is 3. The zero-order chi connectivity index (χ0) is 9.97. The Hall–Kier alpha value is -0.0800. The molecule has 2 nitrogen and oxygen atoms in total. The quantitative estimate of drug-likeness (QED) is 0.689. The van der Waals surface area contributed by atoms with E-state index in [2.05, 4.69) is 18.7 Å². The number of ether oxygens (including phenoxy) is 1. The molecule has 82 valence electrons. The van der Waals surface area contributed by atoms with Crippen molar-refractivity contribution in [3.8, 4) is 0 Å². The van der Waals surface area contributed by atoms with Gasteiger partial charge in [-0.2, -0.15) is 0 Å². The van der Waals surface area contributed by atoms with Crippen LogP contribution in [0.3, 0.4) is 0 Å². The summed E-state index contributed by atoms with van der Waals surface area (Å²) in [6.45, 7) is 6.98. The van der Waals surface area contributed by atoms with Crippen molar-refractivity contribution < 1.29 is 4.74 Å². The molecular weight excluding hydrogens is 174 g/mol. The molecule has 1 aliphatic carbocycles. The van der Waals surface area contributed by atoms with Crippen LogP contribution < -0.4 is 0 Å². The third kappa shape index (κ3) is 2.48. The lowest BCUT2D eigenvalue weighted by molar-refractivity contribution is -0.0324. The van der Waals surface area contributed by atoms with Crippen LogP contribution in [-0.4, -0.2) is 36.2 Å². The minimum absolute atomic E-state index is 0.403. The average molecular weight is 197 g/mol. The standard InChI is InChI=1S/C12H23NO/c1-10(2)14-12-6-4-11(5-7-12)13-8-3-9-13/h10-12H,3-9H2,1-2H3. The van der Waals surface area contributed by atoms with E-state index < -0.39 is 0 Å². The monoisotopic (exact) mass is 197 g/mol. The predicted octanol–water partition coefficient (Wildman–Crippen LogP) is 2.43.